The van der Waals surface area contributed by atoms with Crippen molar-refractivity contribution in [3.8, 4) is 16.8 Å². The fraction of sp³-hybridized carbons (Fsp3) is 0.0278. The number of pyridine rings is 3. The lowest BCUT2D eigenvalue weighted by Gasteiger charge is -2.11. The summed E-state index contributed by atoms with van der Waals surface area (Å²) in [5.74, 6) is 0. The summed E-state index contributed by atoms with van der Waals surface area (Å²) in [6.45, 7) is 0. The Labute approximate surface area is 234 Å². The van der Waals surface area contributed by atoms with Crippen molar-refractivity contribution in [3.63, 3.8) is 0 Å². The first-order chi connectivity index (χ1) is 20.3. The average molecular weight is 524 g/mol. The molecular weight excluding hydrogens is 502 g/mol. The standard InChI is InChI=1S/C36H21N5/c1-2-8-23(9-3-1)40-29-13-12-25-34(33(29)27-18-22-17-21-7-4-5-10-24(21)26(22)19-31(27)40)36-39-28-14-16-37-20-32(28)41(36)30-11-6-15-38-35(25)30/h1-16,18-20H,17H2. The van der Waals surface area contributed by atoms with E-state index in [1.54, 1.807) is 0 Å². The molecule has 5 heteroatoms. The number of rotatable bonds is 1. The molecule has 1 aliphatic carbocycles. The number of benzene rings is 4. The summed E-state index contributed by atoms with van der Waals surface area (Å²) in [6, 6.07) is 34.9. The van der Waals surface area contributed by atoms with Crippen LogP contribution in [0.3, 0.4) is 0 Å². The summed E-state index contributed by atoms with van der Waals surface area (Å²) < 4.78 is 4.65. The fourth-order valence-corrected chi connectivity index (χ4v) is 7.14. The number of aromatic nitrogens is 5. The molecule has 0 unspecified atom stereocenters. The molecule has 5 aromatic heterocycles. The Bertz CT molecular complexity index is 2550. The Morgan fingerprint density at radius 2 is 1.51 bits per heavy atom. The van der Waals surface area contributed by atoms with Gasteiger partial charge in [0.2, 0.25) is 0 Å². The zero-order valence-corrected chi connectivity index (χ0v) is 21.9. The van der Waals surface area contributed by atoms with Crippen molar-refractivity contribution in [2.24, 2.45) is 0 Å². The molecule has 0 radical (unpaired) electrons. The van der Waals surface area contributed by atoms with E-state index in [0.717, 1.165) is 56.1 Å². The van der Waals surface area contributed by atoms with E-state index in [4.69, 9.17) is 9.97 Å². The van der Waals surface area contributed by atoms with Gasteiger partial charge in [-0.15, -0.1) is 0 Å². The van der Waals surface area contributed by atoms with Crippen molar-refractivity contribution in [2.45, 2.75) is 6.42 Å². The smallest absolute Gasteiger partial charge is 0.147 e. The van der Waals surface area contributed by atoms with Crippen LogP contribution in [-0.4, -0.2) is 23.9 Å². The van der Waals surface area contributed by atoms with Crippen LogP contribution in [0.1, 0.15) is 11.1 Å². The highest BCUT2D eigenvalue weighted by Crippen LogP contribution is 2.45. The average Bonchev–Trinajstić information content (AvgIpc) is 3.69. The summed E-state index contributed by atoms with van der Waals surface area (Å²) in [6.07, 6.45) is 6.55. The number of fused-ring (bicyclic) bond motifs is 15. The SMILES string of the molecule is c1ccc(-n2c3cc4c(cc3c3c5c(ccc32)c2ncccc2n2c3cnccc3nc52)Cc2ccccc2-4)cc1. The van der Waals surface area contributed by atoms with Crippen molar-refractivity contribution in [3.05, 3.63) is 127 Å². The lowest BCUT2D eigenvalue weighted by molar-refractivity contribution is 1.18. The molecule has 0 amide bonds. The molecule has 9 aromatic rings. The maximum atomic E-state index is 5.22. The third kappa shape index (κ3) is 2.68. The first kappa shape index (κ1) is 21.3. The summed E-state index contributed by atoms with van der Waals surface area (Å²) >= 11 is 0. The number of para-hydroxylation sites is 1. The predicted molar refractivity (Wildman–Crippen MR) is 166 cm³/mol. The van der Waals surface area contributed by atoms with E-state index in [9.17, 15) is 0 Å². The largest absolute Gasteiger partial charge is 0.309 e. The number of imidazole rings is 1. The third-order valence-electron chi connectivity index (χ3n) is 8.82. The fourth-order valence-electron chi connectivity index (χ4n) is 7.14. The van der Waals surface area contributed by atoms with Crippen LogP contribution in [0.15, 0.2) is 116 Å². The van der Waals surface area contributed by atoms with Crippen LogP contribution in [-0.2, 0) is 6.42 Å². The molecule has 0 saturated heterocycles. The molecule has 1 aliphatic rings. The van der Waals surface area contributed by atoms with Gasteiger partial charge in [0.15, 0.2) is 0 Å². The van der Waals surface area contributed by atoms with Crippen LogP contribution in [0.2, 0.25) is 0 Å². The van der Waals surface area contributed by atoms with E-state index in [-0.39, 0.29) is 0 Å². The summed E-state index contributed by atoms with van der Waals surface area (Å²) in [5.41, 5.74) is 13.8. The molecule has 41 heavy (non-hydrogen) atoms. The lowest BCUT2D eigenvalue weighted by Crippen LogP contribution is -1.95. The molecule has 4 aromatic carbocycles. The second kappa shape index (κ2) is 7.55. The zero-order valence-electron chi connectivity index (χ0n) is 21.9. The van der Waals surface area contributed by atoms with Crippen molar-refractivity contribution in [1.29, 1.82) is 0 Å². The molecule has 10 rings (SSSR count). The molecule has 0 atom stereocenters. The molecule has 190 valence electrons. The monoisotopic (exact) mass is 523 g/mol. The van der Waals surface area contributed by atoms with Gasteiger partial charge in [-0.05, 0) is 83.3 Å². The Kier molecular flexibility index (Phi) is 3.92. The topological polar surface area (TPSA) is 48.0 Å². The third-order valence-corrected chi connectivity index (χ3v) is 8.82. The highest BCUT2D eigenvalue weighted by atomic mass is 15.0. The van der Waals surface area contributed by atoms with E-state index in [2.05, 4.69) is 98.9 Å². The first-order valence-corrected chi connectivity index (χ1v) is 13.9. The van der Waals surface area contributed by atoms with Crippen molar-refractivity contribution in [1.82, 2.24) is 23.9 Å². The molecule has 0 spiro atoms. The highest BCUT2D eigenvalue weighted by molar-refractivity contribution is 6.29. The summed E-state index contributed by atoms with van der Waals surface area (Å²) in [4.78, 5) is 14.6. The lowest BCUT2D eigenvalue weighted by atomic mass is 10.00. The van der Waals surface area contributed by atoms with Crippen LogP contribution < -0.4 is 0 Å². The first-order valence-electron chi connectivity index (χ1n) is 13.9. The van der Waals surface area contributed by atoms with Crippen LogP contribution >= 0.6 is 0 Å². The highest BCUT2D eigenvalue weighted by Gasteiger charge is 2.25. The molecular formula is C36H21N5. The van der Waals surface area contributed by atoms with Gasteiger partial charge < -0.3 is 4.57 Å². The van der Waals surface area contributed by atoms with Gasteiger partial charge in [-0.1, -0.05) is 42.5 Å². The normalized spacial score (nSPS) is 12.8. The van der Waals surface area contributed by atoms with Crippen LogP contribution in [0.25, 0.3) is 77.1 Å². The van der Waals surface area contributed by atoms with E-state index >= 15 is 0 Å². The maximum absolute atomic E-state index is 5.22. The Morgan fingerprint density at radius 1 is 0.610 bits per heavy atom. The van der Waals surface area contributed by atoms with Gasteiger partial charge in [0.05, 0.1) is 39.3 Å². The summed E-state index contributed by atoms with van der Waals surface area (Å²) in [5, 5.41) is 4.68. The van der Waals surface area contributed by atoms with Gasteiger partial charge in [-0.25, -0.2) is 4.98 Å². The number of nitrogens with zero attached hydrogens (tertiary/aromatic N) is 5. The zero-order chi connectivity index (χ0) is 26.7. The van der Waals surface area contributed by atoms with E-state index in [1.807, 2.05) is 30.7 Å². The Balaban J connectivity index is 1.48. The summed E-state index contributed by atoms with van der Waals surface area (Å²) in [7, 11) is 0. The minimum atomic E-state index is 0.929. The van der Waals surface area contributed by atoms with Crippen LogP contribution in [0.5, 0.6) is 0 Å². The molecule has 0 aliphatic heterocycles. The van der Waals surface area contributed by atoms with Gasteiger partial charge in [0, 0.05) is 39.6 Å². The van der Waals surface area contributed by atoms with Crippen molar-refractivity contribution in [2.75, 3.05) is 0 Å². The van der Waals surface area contributed by atoms with E-state index in [0.29, 0.717) is 0 Å². The second-order valence-corrected chi connectivity index (χ2v) is 10.9. The number of hydrogen-bond donors (Lipinski definition) is 0. The van der Waals surface area contributed by atoms with E-state index in [1.165, 1.54) is 38.5 Å². The predicted octanol–water partition coefficient (Wildman–Crippen LogP) is 8.25. The van der Waals surface area contributed by atoms with Gasteiger partial charge in [-0.2, -0.15) is 0 Å². The van der Waals surface area contributed by atoms with Gasteiger partial charge in [0.25, 0.3) is 0 Å². The molecule has 0 N–H and O–H groups in total. The maximum Gasteiger partial charge on any atom is 0.147 e. The van der Waals surface area contributed by atoms with Crippen LogP contribution in [0.4, 0.5) is 0 Å². The molecule has 5 heterocycles. The molecule has 0 fully saturated rings. The van der Waals surface area contributed by atoms with Gasteiger partial charge in [0.1, 0.15) is 5.65 Å². The number of hydrogen-bond acceptors (Lipinski definition) is 3. The Hall–Kier alpha value is -5.55. The van der Waals surface area contributed by atoms with Crippen molar-refractivity contribution >= 4 is 60.3 Å². The van der Waals surface area contributed by atoms with Crippen molar-refractivity contribution < 1.29 is 0 Å². The van der Waals surface area contributed by atoms with Crippen LogP contribution in [0, 0.1) is 0 Å². The Morgan fingerprint density at radius 3 is 2.46 bits per heavy atom. The molecule has 0 saturated carbocycles. The van der Waals surface area contributed by atoms with E-state index < -0.39 is 0 Å². The van der Waals surface area contributed by atoms with Gasteiger partial charge >= 0.3 is 0 Å². The second-order valence-electron chi connectivity index (χ2n) is 10.9. The molecule has 5 nitrogen and oxygen atoms in total. The quantitative estimate of drug-likeness (QED) is 0.204. The minimum absolute atomic E-state index is 0.929. The minimum Gasteiger partial charge on any atom is -0.309 e. The van der Waals surface area contributed by atoms with Gasteiger partial charge in [-0.3, -0.25) is 14.4 Å². The molecule has 0 bridgehead atoms.